The van der Waals surface area contributed by atoms with Gasteiger partial charge in [-0.1, -0.05) is 0 Å². The van der Waals surface area contributed by atoms with E-state index in [0.29, 0.717) is 6.04 Å². The maximum atomic E-state index is 6.00. The van der Waals surface area contributed by atoms with Crippen LogP contribution in [0.5, 0.6) is 0 Å². The average Bonchev–Trinajstić information content (AvgIpc) is 3.01. The first-order chi connectivity index (χ1) is 9.75. The predicted octanol–water partition coefficient (Wildman–Crippen LogP) is 2.71. The van der Waals surface area contributed by atoms with Crippen molar-refractivity contribution < 1.29 is 0 Å². The second-order valence-electron chi connectivity index (χ2n) is 5.60. The molecule has 0 saturated carbocycles. The molecule has 0 spiro atoms. The van der Waals surface area contributed by atoms with Gasteiger partial charge >= 0.3 is 0 Å². The van der Waals surface area contributed by atoms with Crippen molar-refractivity contribution in [1.82, 2.24) is 9.88 Å². The summed E-state index contributed by atoms with van der Waals surface area (Å²) in [5, 5.41) is 5.73. The van der Waals surface area contributed by atoms with E-state index >= 15 is 0 Å². The molecule has 106 valence electrons. The van der Waals surface area contributed by atoms with Crippen molar-refractivity contribution in [2.75, 3.05) is 30.7 Å². The number of aromatic nitrogens is 1. The van der Waals surface area contributed by atoms with E-state index in [2.05, 4.69) is 28.2 Å². The Kier molecular flexibility index (Phi) is 3.74. The number of anilines is 2. The maximum Gasteiger partial charge on any atom is 0.0423 e. The van der Waals surface area contributed by atoms with Gasteiger partial charge in [0.05, 0.1) is 0 Å². The Balaban J connectivity index is 1.76. The first-order valence-electron chi connectivity index (χ1n) is 7.36. The van der Waals surface area contributed by atoms with Crippen LogP contribution in [0, 0.1) is 0 Å². The van der Waals surface area contributed by atoms with Crippen LogP contribution >= 0.6 is 0 Å². The number of pyridine rings is 1. The van der Waals surface area contributed by atoms with Crippen molar-refractivity contribution in [3.8, 4) is 0 Å². The molecule has 2 heterocycles. The monoisotopic (exact) mass is 270 g/mol. The summed E-state index contributed by atoms with van der Waals surface area (Å²) in [6.45, 7) is 5.71. The molecule has 20 heavy (non-hydrogen) atoms. The lowest BCUT2D eigenvalue weighted by Crippen LogP contribution is -2.35. The number of hydrogen-bond acceptors (Lipinski definition) is 4. The topological polar surface area (TPSA) is 54.2 Å². The number of nitrogens with one attached hydrogen (secondary N) is 1. The fourth-order valence-corrected chi connectivity index (χ4v) is 2.94. The van der Waals surface area contributed by atoms with E-state index in [1.54, 1.807) is 0 Å². The number of nitrogens with zero attached hydrogens (tertiary/aromatic N) is 2. The molecule has 4 heteroatoms. The van der Waals surface area contributed by atoms with Gasteiger partial charge < -0.3 is 11.1 Å². The first kappa shape index (κ1) is 13.2. The number of hydrogen-bond donors (Lipinski definition) is 2. The number of nitrogens with two attached hydrogens (primary N) is 1. The van der Waals surface area contributed by atoms with Crippen molar-refractivity contribution in [2.24, 2.45) is 0 Å². The lowest BCUT2D eigenvalue weighted by atomic mass is 10.1. The van der Waals surface area contributed by atoms with Gasteiger partial charge in [0, 0.05) is 47.1 Å². The quantitative estimate of drug-likeness (QED) is 0.839. The third-order valence-electron chi connectivity index (χ3n) is 4.20. The van der Waals surface area contributed by atoms with Crippen LogP contribution in [0.1, 0.15) is 19.8 Å². The van der Waals surface area contributed by atoms with E-state index in [1.165, 1.54) is 25.9 Å². The van der Waals surface area contributed by atoms with E-state index in [-0.39, 0.29) is 0 Å². The lowest BCUT2D eigenvalue weighted by Gasteiger charge is -2.24. The minimum Gasteiger partial charge on any atom is -0.398 e. The van der Waals surface area contributed by atoms with Crippen molar-refractivity contribution in [3.63, 3.8) is 0 Å². The fraction of sp³-hybridized carbons (Fsp3) is 0.438. The summed E-state index contributed by atoms with van der Waals surface area (Å²) in [5.41, 5.74) is 7.93. The Morgan fingerprint density at radius 2 is 2.05 bits per heavy atom. The van der Waals surface area contributed by atoms with Crippen molar-refractivity contribution in [1.29, 1.82) is 0 Å². The van der Waals surface area contributed by atoms with Crippen molar-refractivity contribution >= 4 is 22.1 Å². The molecule has 1 unspecified atom stereocenters. The van der Waals surface area contributed by atoms with Gasteiger partial charge in [0.1, 0.15) is 0 Å². The molecule has 3 rings (SSSR count). The fourth-order valence-electron chi connectivity index (χ4n) is 2.94. The number of likely N-dealkylation sites (tertiary alicyclic amines) is 1. The molecule has 3 N–H and O–H groups in total. The van der Waals surface area contributed by atoms with Crippen LogP contribution in [-0.2, 0) is 0 Å². The highest BCUT2D eigenvalue weighted by atomic mass is 15.2. The van der Waals surface area contributed by atoms with Crippen molar-refractivity contribution in [3.05, 3.63) is 30.6 Å². The first-order valence-corrected chi connectivity index (χ1v) is 7.36. The van der Waals surface area contributed by atoms with Crippen LogP contribution in [-0.4, -0.2) is 35.6 Å². The normalized spacial score (nSPS) is 17.4. The average molecular weight is 270 g/mol. The Bertz CT molecular complexity index is 590. The molecule has 1 aromatic heterocycles. The summed E-state index contributed by atoms with van der Waals surface area (Å²) in [5.74, 6) is 0. The Morgan fingerprint density at radius 1 is 1.25 bits per heavy atom. The summed E-state index contributed by atoms with van der Waals surface area (Å²) in [6.07, 6.45) is 6.32. The Morgan fingerprint density at radius 3 is 2.85 bits per heavy atom. The highest BCUT2D eigenvalue weighted by Gasteiger charge is 2.17. The highest BCUT2D eigenvalue weighted by molar-refractivity contribution is 6.00. The Hall–Kier alpha value is -1.81. The van der Waals surface area contributed by atoms with Crippen LogP contribution in [0.15, 0.2) is 30.6 Å². The molecule has 1 aliphatic heterocycles. The van der Waals surface area contributed by atoms with Gasteiger partial charge in [-0.25, -0.2) is 0 Å². The molecule has 0 radical (unpaired) electrons. The summed E-state index contributed by atoms with van der Waals surface area (Å²) in [6, 6.07) is 6.60. The van der Waals surface area contributed by atoms with E-state index in [1.807, 2.05) is 24.5 Å². The Labute approximate surface area is 120 Å². The van der Waals surface area contributed by atoms with Crippen LogP contribution in [0.3, 0.4) is 0 Å². The van der Waals surface area contributed by atoms with Gasteiger partial charge in [-0.3, -0.25) is 9.88 Å². The van der Waals surface area contributed by atoms with Gasteiger partial charge in [0.15, 0.2) is 0 Å². The number of rotatable bonds is 4. The summed E-state index contributed by atoms with van der Waals surface area (Å²) in [7, 11) is 0. The minimum atomic E-state index is 0.562. The number of fused-ring (bicyclic) bond motifs is 1. The lowest BCUT2D eigenvalue weighted by molar-refractivity contribution is 0.269. The van der Waals surface area contributed by atoms with Crippen LogP contribution < -0.4 is 11.1 Å². The van der Waals surface area contributed by atoms with Gasteiger partial charge in [-0.2, -0.15) is 0 Å². The van der Waals surface area contributed by atoms with E-state index < -0.39 is 0 Å². The largest absolute Gasteiger partial charge is 0.398 e. The zero-order valence-corrected chi connectivity index (χ0v) is 12.0. The molecule has 0 amide bonds. The number of nitrogen functional groups attached to an aromatic ring is 1. The third-order valence-corrected chi connectivity index (χ3v) is 4.20. The smallest absolute Gasteiger partial charge is 0.0423 e. The molecule has 1 saturated heterocycles. The highest BCUT2D eigenvalue weighted by Crippen LogP contribution is 2.27. The second kappa shape index (κ2) is 5.67. The van der Waals surface area contributed by atoms with Gasteiger partial charge in [-0.15, -0.1) is 0 Å². The molecule has 0 bridgehead atoms. The second-order valence-corrected chi connectivity index (χ2v) is 5.60. The van der Waals surface area contributed by atoms with Crippen LogP contribution in [0.4, 0.5) is 11.4 Å². The van der Waals surface area contributed by atoms with Crippen LogP contribution in [0.25, 0.3) is 10.8 Å². The molecule has 4 nitrogen and oxygen atoms in total. The molecule has 1 fully saturated rings. The zero-order valence-electron chi connectivity index (χ0n) is 12.0. The van der Waals surface area contributed by atoms with Gasteiger partial charge in [0.2, 0.25) is 0 Å². The van der Waals surface area contributed by atoms with E-state index in [9.17, 15) is 0 Å². The molecule has 1 atom stereocenters. The standard InChI is InChI=1S/C16H22N4/c1-12(20-8-2-3-9-20)10-19-16-5-4-15(17)14-11-18-7-6-13(14)16/h4-7,11-12,19H,2-3,8-10,17H2,1H3. The SMILES string of the molecule is CC(CNc1ccc(N)c2cnccc12)N1CCCC1. The van der Waals surface area contributed by atoms with Gasteiger partial charge in [0.25, 0.3) is 0 Å². The molecular weight excluding hydrogens is 248 g/mol. The van der Waals surface area contributed by atoms with E-state index in [4.69, 9.17) is 5.73 Å². The summed E-state index contributed by atoms with van der Waals surface area (Å²) in [4.78, 5) is 6.71. The van der Waals surface area contributed by atoms with E-state index in [0.717, 1.165) is 28.7 Å². The predicted molar refractivity (Wildman–Crippen MR) is 84.9 cm³/mol. The molecule has 1 aliphatic rings. The molecule has 2 aromatic rings. The maximum absolute atomic E-state index is 6.00. The van der Waals surface area contributed by atoms with Gasteiger partial charge in [-0.05, 0) is 51.1 Å². The van der Waals surface area contributed by atoms with Crippen LogP contribution in [0.2, 0.25) is 0 Å². The summed E-state index contributed by atoms with van der Waals surface area (Å²) < 4.78 is 0. The zero-order chi connectivity index (χ0) is 13.9. The molecular formula is C16H22N4. The summed E-state index contributed by atoms with van der Waals surface area (Å²) >= 11 is 0. The molecule has 1 aromatic carbocycles. The van der Waals surface area contributed by atoms with Crippen molar-refractivity contribution in [2.45, 2.75) is 25.8 Å². The third kappa shape index (κ3) is 2.56. The molecule has 0 aliphatic carbocycles. The minimum absolute atomic E-state index is 0.562. The number of benzene rings is 1.